The van der Waals surface area contributed by atoms with E-state index >= 15 is 0 Å². The summed E-state index contributed by atoms with van der Waals surface area (Å²) in [5.74, 6) is 0.622. The van der Waals surface area contributed by atoms with Crippen molar-refractivity contribution in [2.24, 2.45) is 0 Å². The van der Waals surface area contributed by atoms with Crippen LogP contribution in [0.5, 0.6) is 0 Å². The van der Waals surface area contributed by atoms with Gasteiger partial charge in [0.2, 0.25) is 5.91 Å². The van der Waals surface area contributed by atoms with E-state index in [0.717, 1.165) is 31.4 Å². The summed E-state index contributed by atoms with van der Waals surface area (Å²) in [4.78, 5) is 37.3. The van der Waals surface area contributed by atoms with E-state index in [4.69, 9.17) is 0 Å². The van der Waals surface area contributed by atoms with Crippen LogP contribution in [0.15, 0.2) is 6.07 Å². The van der Waals surface area contributed by atoms with E-state index < -0.39 is 0 Å². The van der Waals surface area contributed by atoms with E-state index in [1.54, 1.807) is 11.8 Å². The third kappa shape index (κ3) is 4.46. The van der Waals surface area contributed by atoms with Gasteiger partial charge in [-0.3, -0.25) is 9.59 Å². The van der Waals surface area contributed by atoms with Crippen molar-refractivity contribution in [3.05, 3.63) is 23.3 Å². The van der Waals surface area contributed by atoms with Gasteiger partial charge in [-0.1, -0.05) is 6.92 Å². The molecule has 27 heavy (non-hydrogen) atoms. The first-order valence-electron chi connectivity index (χ1n) is 9.87. The first-order valence-corrected chi connectivity index (χ1v) is 9.87. The summed E-state index contributed by atoms with van der Waals surface area (Å²) in [5.41, 5.74) is 1.16. The van der Waals surface area contributed by atoms with Crippen molar-refractivity contribution in [1.82, 2.24) is 19.8 Å². The van der Waals surface area contributed by atoms with Crippen molar-refractivity contribution in [3.63, 3.8) is 0 Å². The number of aryl methyl sites for hydroxylation is 1. The van der Waals surface area contributed by atoms with Crippen molar-refractivity contribution in [3.8, 4) is 0 Å². The maximum atomic E-state index is 13.0. The van der Waals surface area contributed by atoms with Gasteiger partial charge in [-0.15, -0.1) is 0 Å². The highest BCUT2D eigenvalue weighted by Crippen LogP contribution is 2.34. The summed E-state index contributed by atoms with van der Waals surface area (Å²) in [7, 11) is 0. The summed E-state index contributed by atoms with van der Waals surface area (Å²) < 4.78 is 0. The number of aliphatic hydroxyl groups is 1. The standard InChI is InChI=1S/C20H30N4O3/c1-14-21-17(19(27)24-9-4-5-16(26)6-10-24)13-18(22-14)20(3)7-11-23(12-8-20)15(2)25/h13,16,26H,4-12H2,1-3H3. The number of rotatable bonds is 2. The predicted octanol–water partition coefficient (Wildman–Crippen LogP) is 1.67. The van der Waals surface area contributed by atoms with E-state index in [0.29, 0.717) is 44.1 Å². The fourth-order valence-electron chi connectivity index (χ4n) is 4.00. The number of nitrogens with zero attached hydrogens (tertiary/aromatic N) is 4. The number of hydrogen-bond donors (Lipinski definition) is 1. The number of hydrogen-bond acceptors (Lipinski definition) is 5. The van der Waals surface area contributed by atoms with Gasteiger partial charge in [0.05, 0.1) is 11.8 Å². The maximum absolute atomic E-state index is 13.0. The van der Waals surface area contributed by atoms with Crippen LogP contribution >= 0.6 is 0 Å². The lowest BCUT2D eigenvalue weighted by Gasteiger charge is -2.38. The molecule has 2 fully saturated rings. The summed E-state index contributed by atoms with van der Waals surface area (Å²) in [5, 5.41) is 9.82. The van der Waals surface area contributed by atoms with Crippen molar-refractivity contribution in [2.75, 3.05) is 26.2 Å². The Morgan fingerprint density at radius 3 is 2.48 bits per heavy atom. The van der Waals surface area contributed by atoms with Gasteiger partial charge in [0.15, 0.2) is 0 Å². The zero-order valence-corrected chi connectivity index (χ0v) is 16.6. The quantitative estimate of drug-likeness (QED) is 0.851. The van der Waals surface area contributed by atoms with Crippen LogP contribution in [-0.4, -0.2) is 69.0 Å². The van der Waals surface area contributed by atoms with E-state index in [1.165, 1.54) is 0 Å². The highest BCUT2D eigenvalue weighted by Gasteiger charge is 2.35. The second-order valence-corrected chi connectivity index (χ2v) is 8.13. The molecule has 2 amide bonds. The topological polar surface area (TPSA) is 86.6 Å². The second-order valence-electron chi connectivity index (χ2n) is 8.13. The molecule has 0 radical (unpaired) electrons. The molecule has 0 spiro atoms. The first-order chi connectivity index (χ1) is 12.8. The van der Waals surface area contributed by atoms with E-state index in [-0.39, 0.29) is 23.3 Å². The van der Waals surface area contributed by atoms with Gasteiger partial charge in [-0.2, -0.15) is 0 Å². The minimum atomic E-state index is -0.323. The predicted molar refractivity (Wildman–Crippen MR) is 101 cm³/mol. The van der Waals surface area contributed by atoms with Crippen molar-refractivity contribution < 1.29 is 14.7 Å². The zero-order valence-electron chi connectivity index (χ0n) is 16.6. The molecule has 1 unspecified atom stereocenters. The number of amides is 2. The van der Waals surface area contributed by atoms with Crippen LogP contribution in [0.25, 0.3) is 0 Å². The van der Waals surface area contributed by atoms with E-state index in [9.17, 15) is 14.7 Å². The number of aliphatic hydroxyl groups excluding tert-OH is 1. The summed E-state index contributed by atoms with van der Waals surface area (Å²) >= 11 is 0. The Hall–Kier alpha value is -2.02. The highest BCUT2D eigenvalue weighted by molar-refractivity contribution is 5.92. The molecule has 0 aromatic carbocycles. The first kappa shape index (κ1) is 19.7. The number of carbonyl (C=O) groups excluding carboxylic acids is 2. The van der Waals surface area contributed by atoms with Crippen molar-refractivity contribution >= 4 is 11.8 Å². The minimum Gasteiger partial charge on any atom is -0.393 e. The monoisotopic (exact) mass is 374 g/mol. The van der Waals surface area contributed by atoms with Crippen LogP contribution in [0.2, 0.25) is 0 Å². The average molecular weight is 374 g/mol. The van der Waals surface area contributed by atoms with E-state index in [2.05, 4.69) is 16.9 Å². The molecule has 7 heteroatoms. The van der Waals surface area contributed by atoms with Gasteiger partial charge in [0, 0.05) is 38.5 Å². The SMILES string of the molecule is CC(=O)N1CCC(C)(c2cc(C(=O)N3CCCC(O)CC3)nc(C)n2)CC1. The fraction of sp³-hybridized carbons (Fsp3) is 0.700. The Balaban J connectivity index is 1.80. The molecular weight excluding hydrogens is 344 g/mol. The molecule has 2 aliphatic heterocycles. The Labute approximate surface area is 160 Å². The number of carbonyl (C=O) groups is 2. The lowest BCUT2D eigenvalue weighted by molar-refractivity contribution is -0.130. The lowest BCUT2D eigenvalue weighted by Crippen LogP contribution is -2.43. The number of likely N-dealkylation sites (tertiary alicyclic amines) is 2. The lowest BCUT2D eigenvalue weighted by atomic mass is 9.77. The second kappa shape index (κ2) is 7.92. The van der Waals surface area contributed by atoms with Gasteiger partial charge < -0.3 is 14.9 Å². The van der Waals surface area contributed by atoms with E-state index in [1.807, 2.05) is 17.9 Å². The molecule has 1 N–H and O–H groups in total. The van der Waals surface area contributed by atoms with Crippen LogP contribution in [0.1, 0.15) is 68.0 Å². The fourth-order valence-corrected chi connectivity index (χ4v) is 4.00. The zero-order chi connectivity index (χ0) is 19.6. The molecule has 1 aromatic rings. The third-order valence-electron chi connectivity index (χ3n) is 5.97. The molecule has 7 nitrogen and oxygen atoms in total. The van der Waals surface area contributed by atoms with Crippen molar-refractivity contribution in [1.29, 1.82) is 0 Å². The summed E-state index contributed by atoms with van der Waals surface area (Å²) in [6, 6.07) is 1.83. The highest BCUT2D eigenvalue weighted by atomic mass is 16.3. The molecule has 0 saturated carbocycles. The van der Waals surface area contributed by atoms with Crippen LogP contribution in [0.3, 0.4) is 0 Å². The number of piperidine rings is 1. The Morgan fingerprint density at radius 2 is 1.81 bits per heavy atom. The van der Waals surface area contributed by atoms with Crippen LogP contribution in [0, 0.1) is 6.92 Å². The van der Waals surface area contributed by atoms with Crippen LogP contribution in [0.4, 0.5) is 0 Å². The molecule has 3 heterocycles. The Kier molecular flexibility index (Phi) is 5.79. The average Bonchev–Trinajstić information content (AvgIpc) is 2.85. The molecule has 0 aliphatic carbocycles. The molecule has 0 bridgehead atoms. The minimum absolute atomic E-state index is 0.0828. The van der Waals surface area contributed by atoms with Gasteiger partial charge in [-0.25, -0.2) is 9.97 Å². The smallest absolute Gasteiger partial charge is 0.272 e. The van der Waals surface area contributed by atoms with Gasteiger partial charge >= 0.3 is 0 Å². The molecule has 1 aromatic heterocycles. The van der Waals surface area contributed by atoms with Gasteiger partial charge in [0.1, 0.15) is 11.5 Å². The molecule has 148 valence electrons. The normalized spacial score (nSPS) is 23.0. The molecule has 3 rings (SSSR count). The van der Waals surface area contributed by atoms with Gasteiger partial charge in [0.25, 0.3) is 5.91 Å². The van der Waals surface area contributed by atoms with Crippen LogP contribution < -0.4 is 0 Å². The Morgan fingerprint density at radius 1 is 1.11 bits per heavy atom. The molecular formula is C20H30N4O3. The van der Waals surface area contributed by atoms with Crippen LogP contribution in [-0.2, 0) is 10.2 Å². The van der Waals surface area contributed by atoms with Gasteiger partial charge in [-0.05, 0) is 45.1 Å². The molecule has 1 atom stereocenters. The summed E-state index contributed by atoms with van der Waals surface area (Å²) in [6.07, 6.45) is 3.49. The summed E-state index contributed by atoms with van der Waals surface area (Å²) in [6.45, 7) is 8.21. The van der Waals surface area contributed by atoms with Crippen molar-refractivity contribution in [2.45, 2.75) is 64.4 Å². The third-order valence-corrected chi connectivity index (χ3v) is 5.97. The Bertz CT molecular complexity index is 713. The number of aromatic nitrogens is 2. The molecule has 2 saturated heterocycles. The molecule has 2 aliphatic rings. The maximum Gasteiger partial charge on any atom is 0.272 e. The largest absolute Gasteiger partial charge is 0.393 e.